The highest BCUT2D eigenvalue weighted by atomic mass is 32.1. The minimum atomic E-state index is -0.472. The average Bonchev–Trinajstić information content (AvgIpc) is 3.24. The molecule has 0 aliphatic heterocycles. The first-order chi connectivity index (χ1) is 14.4. The van der Waals surface area contributed by atoms with Crippen molar-refractivity contribution in [1.29, 1.82) is 0 Å². The second-order valence-corrected chi connectivity index (χ2v) is 9.72. The molecule has 7 nitrogen and oxygen atoms in total. The highest BCUT2D eigenvalue weighted by molar-refractivity contribution is 7.18. The van der Waals surface area contributed by atoms with Crippen molar-refractivity contribution < 1.29 is 14.3 Å². The van der Waals surface area contributed by atoms with Gasteiger partial charge in [0.25, 0.3) is 5.56 Å². The molecule has 0 unspecified atom stereocenters. The third-order valence-electron chi connectivity index (χ3n) is 5.55. The van der Waals surface area contributed by atoms with Crippen molar-refractivity contribution in [2.24, 2.45) is 0 Å². The normalized spacial score (nSPS) is 13.3. The number of thiophene rings is 2. The molecule has 0 atom stereocenters. The molecule has 3 aromatic rings. The summed E-state index contributed by atoms with van der Waals surface area (Å²) in [7, 11) is 1.32. The molecule has 1 aliphatic carbocycles. The number of fused-ring (bicyclic) bond motifs is 3. The number of amides is 1. The molecule has 0 aromatic carbocycles. The molecule has 1 N–H and O–H groups in total. The van der Waals surface area contributed by atoms with Crippen LogP contribution < -0.4 is 10.9 Å². The first-order valence-corrected chi connectivity index (χ1v) is 11.5. The van der Waals surface area contributed by atoms with Gasteiger partial charge in [-0.25, -0.2) is 9.78 Å². The molecular weight excluding hydrogens is 422 g/mol. The SMILES string of the molecule is COC(=O)c1c(NC(=O)CCn2cnc3sc4c(c3c2=O)CCCC4)sc(C)c1C. The number of carbonyl (C=O) groups is 2. The van der Waals surface area contributed by atoms with Crippen molar-refractivity contribution >= 4 is 49.8 Å². The number of ether oxygens (including phenoxy) is 1. The fourth-order valence-corrected chi connectivity index (χ4v) is 6.10. The van der Waals surface area contributed by atoms with Gasteiger partial charge in [-0.1, -0.05) is 0 Å². The summed E-state index contributed by atoms with van der Waals surface area (Å²) in [6, 6.07) is 0. The lowest BCUT2D eigenvalue weighted by Gasteiger charge is -2.10. The maximum absolute atomic E-state index is 13.0. The van der Waals surface area contributed by atoms with Gasteiger partial charge in [-0.2, -0.15) is 0 Å². The molecule has 0 saturated carbocycles. The molecule has 3 heterocycles. The predicted octanol–water partition coefficient (Wildman–Crippen LogP) is 3.83. The summed E-state index contributed by atoms with van der Waals surface area (Å²) in [5.74, 6) is -0.735. The second-order valence-electron chi connectivity index (χ2n) is 7.41. The molecule has 0 saturated heterocycles. The molecule has 0 radical (unpaired) electrons. The number of hydrogen-bond donors (Lipinski definition) is 1. The molecule has 0 spiro atoms. The number of methoxy groups -OCH3 is 1. The fourth-order valence-electron chi connectivity index (χ4n) is 3.81. The predicted molar refractivity (Wildman–Crippen MR) is 119 cm³/mol. The molecule has 0 bridgehead atoms. The Labute approximate surface area is 181 Å². The van der Waals surface area contributed by atoms with E-state index in [2.05, 4.69) is 10.3 Å². The number of anilines is 1. The largest absolute Gasteiger partial charge is 0.465 e. The van der Waals surface area contributed by atoms with E-state index in [1.165, 1.54) is 34.2 Å². The van der Waals surface area contributed by atoms with Crippen LogP contribution in [-0.2, 0) is 28.9 Å². The molecule has 30 heavy (non-hydrogen) atoms. The number of aryl methyl sites for hydroxylation is 4. The van der Waals surface area contributed by atoms with Crippen LogP contribution in [-0.4, -0.2) is 28.5 Å². The summed E-state index contributed by atoms with van der Waals surface area (Å²) in [5, 5.41) is 4.00. The van der Waals surface area contributed by atoms with Crippen LogP contribution >= 0.6 is 22.7 Å². The Morgan fingerprint density at radius 2 is 2.00 bits per heavy atom. The summed E-state index contributed by atoms with van der Waals surface area (Å²) in [6.07, 6.45) is 5.82. The number of carbonyl (C=O) groups excluding carboxylic acids is 2. The van der Waals surface area contributed by atoms with Crippen LogP contribution in [0.2, 0.25) is 0 Å². The topological polar surface area (TPSA) is 90.3 Å². The lowest BCUT2D eigenvalue weighted by molar-refractivity contribution is -0.116. The van der Waals surface area contributed by atoms with Crippen molar-refractivity contribution in [3.05, 3.63) is 43.1 Å². The zero-order valence-electron chi connectivity index (χ0n) is 17.2. The van der Waals surface area contributed by atoms with Gasteiger partial charge in [-0.15, -0.1) is 22.7 Å². The van der Waals surface area contributed by atoms with Crippen LogP contribution in [0.5, 0.6) is 0 Å². The molecule has 1 aliphatic rings. The zero-order chi connectivity index (χ0) is 21.4. The van der Waals surface area contributed by atoms with E-state index < -0.39 is 5.97 Å². The maximum atomic E-state index is 13.0. The van der Waals surface area contributed by atoms with Gasteiger partial charge >= 0.3 is 5.97 Å². The molecule has 3 aromatic heterocycles. The van der Waals surface area contributed by atoms with Crippen LogP contribution in [0.3, 0.4) is 0 Å². The smallest absolute Gasteiger partial charge is 0.341 e. The minimum Gasteiger partial charge on any atom is -0.465 e. The Kier molecular flexibility index (Phi) is 5.75. The van der Waals surface area contributed by atoms with Crippen molar-refractivity contribution in [3.63, 3.8) is 0 Å². The molecule has 4 rings (SSSR count). The van der Waals surface area contributed by atoms with E-state index in [1.54, 1.807) is 11.3 Å². The van der Waals surface area contributed by atoms with Gasteiger partial charge in [0.2, 0.25) is 5.91 Å². The average molecular weight is 446 g/mol. The lowest BCUT2D eigenvalue weighted by Crippen LogP contribution is -2.24. The van der Waals surface area contributed by atoms with Crippen molar-refractivity contribution in [1.82, 2.24) is 9.55 Å². The third kappa shape index (κ3) is 3.67. The summed E-state index contributed by atoms with van der Waals surface area (Å²) >= 11 is 2.96. The summed E-state index contributed by atoms with van der Waals surface area (Å²) < 4.78 is 6.35. The van der Waals surface area contributed by atoms with Crippen LogP contribution in [0.1, 0.15) is 50.5 Å². The molecular formula is C21H23N3O4S2. The van der Waals surface area contributed by atoms with E-state index in [9.17, 15) is 14.4 Å². The summed E-state index contributed by atoms with van der Waals surface area (Å²) in [6.45, 7) is 3.95. The van der Waals surface area contributed by atoms with Gasteiger partial charge in [0.15, 0.2) is 0 Å². The highest BCUT2D eigenvalue weighted by Gasteiger charge is 2.22. The van der Waals surface area contributed by atoms with Gasteiger partial charge in [0.05, 0.1) is 24.4 Å². The Hall–Kier alpha value is -2.52. The van der Waals surface area contributed by atoms with Gasteiger partial charge in [-0.3, -0.25) is 14.2 Å². The van der Waals surface area contributed by atoms with Crippen LogP contribution in [0, 0.1) is 13.8 Å². The number of nitrogens with one attached hydrogen (secondary N) is 1. The number of esters is 1. The van der Waals surface area contributed by atoms with E-state index in [1.807, 2.05) is 13.8 Å². The summed E-state index contributed by atoms with van der Waals surface area (Å²) in [4.78, 5) is 45.1. The molecule has 0 fully saturated rings. The molecule has 1 amide bonds. The standard InChI is InChI=1S/C21H23N3O4S2/c1-11-12(2)29-19(16(11)21(27)28-3)23-15(25)8-9-24-10-22-18-17(20(24)26)13-6-4-5-7-14(13)30-18/h10H,4-9H2,1-3H3,(H,23,25). The van der Waals surface area contributed by atoms with Crippen LogP contribution in [0.4, 0.5) is 5.00 Å². The number of hydrogen-bond acceptors (Lipinski definition) is 7. The maximum Gasteiger partial charge on any atom is 0.341 e. The van der Waals surface area contributed by atoms with E-state index in [-0.39, 0.29) is 24.4 Å². The molecule has 9 heteroatoms. The van der Waals surface area contributed by atoms with E-state index in [0.717, 1.165) is 51.9 Å². The summed E-state index contributed by atoms with van der Waals surface area (Å²) in [5.41, 5.74) is 2.25. The fraction of sp³-hybridized carbons (Fsp3) is 0.429. The Bertz CT molecular complexity index is 1210. The van der Waals surface area contributed by atoms with Crippen LogP contribution in [0.25, 0.3) is 10.2 Å². The van der Waals surface area contributed by atoms with Gasteiger partial charge in [0.1, 0.15) is 9.83 Å². The second kappa shape index (κ2) is 8.31. The van der Waals surface area contributed by atoms with Crippen molar-refractivity contribution in [2.75, 3.05) is 12.4 Å². The zero-order valence-corrected chi connectivity index (χ0v) is 18.8. The Morgan fingerprint density at radius 3 is 2.77 bits per heavy atom. The van der Waals surface area contributed by atoms with E-state index >= 15 is 0 Å². The lowest BCUT2D eigenvalue weighted by atomic mass is 9.97. The first-order valence-electron chi connectivity index (χ1n) is 9.88. The van der Waals surface area contributed by atoms with Gasteiger partial charge in [-0.05, 0) is 50.7 Å². The highest BCUT2D eigenvalue weighted by Crippen LogP contribution is 2.34. The minimum absolute atomic E-state index is 0.0785. The molecule has 158 valence electrons. The quantitative estimate of drug-likeness (QED) is 0.603. The first kappa shape index (κ1) is 20.7. The Morgan fingerprint density at radius 1 is 1.23 bits per heavy atom. The van der Waals surface area contributed by atoms with E-state index in [4.69, 9.17) is 4.74 Å². The van der Waals surface area contributed by atoms with Gasteiger partial charge < -0.3 is 10.1 Å². The monoisotopic (exact) mass is 445 g/mol. The number of aromatic nitrogens is 2. The third-order valence-corrected chi connectivity index (χ3v) is 7.87. The van der Waals surface area contributed by atoms with Gasteiger partial charge in [0, 0.05) is 22.7 Å². The number of nitrogens with zero attached hydrogens (tertiary/aromatic N) is 2. The Balaban J connectivity index is 1.52. The van der Waals surface area contributed by atoms with Crippen LogP contribution in [0.15, 0.2) is 11.1 Å². The van der Waals surface area contributed by atoms with Crippen molar-refractivity contribution in [3.8, 4) is 0 Å². The van der Waals surface area contributed by atoms with Crippen molar-refractivity contribution in [2.45, 2.75) is 52.5 Å². The number of rotatable bonds is 5. The van der Waals surface area contributed by atoms with E-state index in [0.29, 0.717) is 10.6 Å².